The van der Waals surface area contributed by atoms with E-state index in [-0.39, 0.29) is 11.5 Å². The maximum absolute atomic E-state index is 11.4. The van der Waals surface area contributed by atoms with E-state index in [4.69, 9.17) is 9.47 Å². The molecule has 1 aliphatic heterocycles. The Balaban J connectivity index is 2.41. The summed E-state index contributed by atoms with van der Waals surface area (Å²) < 4.78 is 14.3. The number of cyclic esters (lactones) is 1. The molecule has 6 nitrogen and oxygen atoms in total. The lowest BCUT2D eigenvalue weighted by atomic mass is 9.99. The minimum Gasteiger partial charge on any atom is -0.463 e. The first-order chi connectivity index (χ1) is 8.41. The monoisotopic (exact) mass is 256 g/mol. The average Bonchev–Trinajstić information content (AvgIpc) is 2.30. The zero-order chi connectivity index (χ0) is 13.7. The number of carbonyl (C=O) groups excluding carboxylic acids is 3. The van der Waals surface area contributed by atoms with Gasteiger partial charge in [-0.15, -0.1) is 0 Å². The summed E-state index contributed by atoms with van der Waals surface area (Å²) in [5.74, 6) is -2.12. The van der Waals surface area contributed by atoms with Crippen LogP contribution in [0.15, 0.2) is 12.2 Å². The average molecular weight is 256 g/mol. The molecule has 1 aliphatic rings. The number of rotatable bonds is 4. The van der Waals surface area contributed by atoms with Crippen molar-refractivity contribution in [2.24, 2.45) is 5.92 Å². The van der Waals surface area contributed by atoms with Crippen molar-refractivity contribution in [3.63, 3.8) is 0 Å². The normalized spacial score (nSPS) is 22.9. The highest BCUT2D eigenvalue weighted by atomic mass is 16.6. The highest BCUT2D eigenvalue weighted by Crippen LogP contribution is 2.19. The lowest BCUT2D eigenvalue weighted by Crippen LogP contribution is -2.40. The third-order valence-electron chi connectivity index (χ3n) is 2.49. The van der Waals surface area contributed by atoms with Gasteiger partial charge in [-0.05, 0) is 13.3 Å². The first-order valence-electron chi connectivity index (χ1n) is 5.60. The lowest BCUT2D eigenvalue weighted by Gasteiger charge is -2.26. The van der Waals surface area contributed by atoms with Crippen molar-refractivity contribution in [3.8, 4) is 0 Å². The highest BCUT2D eigenvalue weighted by molar-refractivity contribution is 5.89. The number of esters is 3. The molecule has 0 aromatic carbocycles. The predicted molar refractivity (Wildman–Crippen MR) is 60.4 cm³/mol. The van der Waals surface area contributed by atoms with Gasteiger partial charge in [-0.1, -0.05) is 13.5 Å². The molecule has 0 saturated carbocycles. The number of carbonyl (C=O) groups is 3. The Morgan fingerprint density at radius 1 is 1.50 bits per heavy atom. The molecule has 0 aromatic rings. The second-order valence-corrected chi connectivity index (χ2v) is 4.20. The lowest BCUT2D eigenvalue weighted by molar-refractivity contribution is -0.180. The molecule has 0 aromatic heterocycles. The van der Waals surface area contributed by atoms with Crippen LogP contribution in [0.1, 0.15) is 20.3 Å². The van der Waals surface area contributed by atoms with E-state index >= 15 is 0 Å². The van der Waals surface area contributed by atoms with Gasteiger partial charge in [-0.25, -0.2) is 14.4 Å². The molecule has 18 heavy (non-hydrogen) atoms. The SMILES string of the molecule is C=C(C)C(=O)OCC(=O)OC1C(=O)OCCC1C. The smallest absolute Gasteiger partial charge is 0.347 e. The molecule has 0 radical (unpaired) electrons. The van der Waals surface area contributed by atoms with E-state index in [0.717, 1.165) is 0 Å². The van der Waals surface area contributed by atoms with Crippen LogP contribution in [0.3, 0.4) is 0 Å². The first kappa shape index (κ1) is 14.2. The van der Waals surface area contributed by atoms with E-state index in [9.17, 15) is 14.4 Å². The van der Waals surface area contributed by atoms with Crippen LogP contribution in [0.4, 0.5) is 0 Å². The molecule has 0 amide bonds. The Labute approximate surface area is 105 Å². The molecule has 100 valence electrons. The van der Waals surface area contributed by atoms with Crippen LogP contribution in [-0.2, 0) is 28.6 Å². The Morgan fingerprint density at radius 2 is 2.17 bits per heavy atom. The number of hydrogen-bond acceptors (Lipinski definition) is 6. The third-order valence-corrected chi connectivity index (χ3v) is 2.49. The van der Waals surface area contributed by atoms with Crippen LogP contribution < -0.4 is 0 Å². The van der Waals surface area contributed by atoms with Crippen molar-refractivity contribution < 1.29 is 28.6 Å². The van der Waals surface area contributed by atoms with E-state index < -0.39 is 30.6 Å². The molecular weight excluding hydrogens is 240 g/mol. The van der Waals surface area contributed by atoms with Crippen molar-refractivity contribution in [2.45, 2.75) is 26.4 Å². The van der Waals surface area contributed by atoms with Crippen LogP contribution in [0.2, 0.25) is 0 Å². The molecule has 2 atom stereocenters. The van der Waals surface area contributed by atoms with Gasteiger partial charge in [0.2, 0.25) is 6.10 Å². The summed E-state index contributed by atoms with van der Waals surface area (Å²) in [6.07, 6.45) is -0.287. The predicted octanol–water partition coefficient (Wildman–Crippen LogP) is 0.600. The van der Waals surface area contributed by atoms with Crippen LogP contribution in [0.25, 0.3) is 0 Å². The molecule has 0 N–H and O–H groups in total. The summed E-state index contributed by atoms with van der Waals surface area (Å²) in [6, 6.07) is 0. The second-order valence-electron chi connectivity index (χ2n) is 4.20. The third kappa shape index (κ3) is 3.87. The van der Waals surface area contributed by atoms with Gasteiger partial charge in [-0.3, -0.25) is 0 Å². The Hall–Kier alpha value is -1.85. The molecular formula is C12H16O6. The summed E-state index contributed by atoms with van der Waals surface area (Å²) in [5, 5.41) is 0. The first-order valence-corrected chi connectivity index (χ1v) is 5.60. The fourth-order valence-electron chi connectivity index (χ4n) is 1.40. The van der Waals surface area contributed by atoms with Gasteiger partial charge in [0, 0.05) is 11.5 Å². The summed E-state index contributed by atoms with van der Waals surface area (Å²) in [6.45, 7) is 6.42. The summed E-state index contributed by atoms with van der Waals surface area (Å²) in [4.78, 5) is 33.8. The van der Waals surface area contributed by atoms with E-state index in [1.165, 1.54) is 6.92 Å². The summed E-state index contributed by atoms with van der Waals surface area (Å²) in [5.41, 5.74) is 0.188. The maximum atomic E-state index is 11.4. The Morgan fingerprint density at radius 3 is 2.72 bits per heavy atom. The van der Waals surface area contributed by atoms with Crippen molar-refractivity contribution in [1.29, 1.82) is 0 Å². The molecule has 0 spiro atoms. The summed E-state index contributed by atoms with van der Waals surface area (Å²) >= 11 is 0. The molecule has 6 heteroatoms. The highest BCUT2D eigenvalue weighted by Gasteiger charge is 2.34. The topological polar surface area (TPSA) is 78.9 Å². The summed E-state index contributed by atoms with van der Waals surface area (Å²) in [7, 11) is 0. The number of hydrogen-bond donors (Lipinski definition) is 0. The Bertz CT molecular complexity index is 373. The van der Waals surface area contributed by atoms with Gasteiger partial charge in [0.05, 0.1) is 6.61 Å². The largest absolute Gasteiger partial charge is 0.463 e. The van der Waals surface area contributed by atoms with Crippen LogP contribution in [0, 0.1) is 5.92 Å². The quantitative estimate of drug-likeness (QED) is 0.416. The minimum absolute atomic E-state index is 0.105. The second kappa shape index (κ2) is 6.18. The molecule has 0 aliphatic carbocycles. The zero-order valence-electron chi connectivity index (χ0n) is 10.4. The van der Waals surface area contributed by atoms with Gasteiger partial charge < -0.3 is 14.2 Å². The standard InChI is InChI=1S/C12H16O6/c1-7(2)11(14)17-6-9(13)18-10-8(3)4-5-16-12(10)15/h8,10H,1,4-6H2,2-3H3. The van der Waals surface area contributed by atoms with Gasteiger partial charge in [0.25, 0.3) is 0 Å². The zero-order valence-corrected chi connectivity index (χ0v) is 10.4. The van der Waals surface area contributed by atoms with Gasteiger partial charge in [0.1, 0.15) is 0 Å². The van der Waals surface area contributed by atoms with E-state index in [1.807, 2.05) is 0 Å². The van der Waals surface area contributed by atoms with E-state index in [2.05, 4.69) is 11.3 Å². The number of ether oxygens (including phenoxy) is 3. The maximum Gasteiger partial charge on any atom is 0.347 e. The molecule has 0 bridgehead atoms. The van der Waals surface area contributed by atoms with Gasteiger partial charge in [-0.2, -0.15) is 0 Å². The van der Waals surface area contributed by atoms with E-state index in [0.29, 0.717) is 13.0 Å². The van der Waals surface area contributed by atoms with E-state index in [1.54, 1.807) is 6.92 Å². The van der Waals surface area contributed by atoms with Gasteiger partial charge in [0.15, 0.2) is 6.61 Å². The molecule has 2 unspecified atom stereocenters. The van der Waals surface area contributed by atoms with Crippen LogP contribution >= 0.6 is 0 Å². The van der Waals surface area contributed by atoms with Crippen LogP contribution in [0.5, 0.6) is 0 Å². The molecule has 1 saturated heterocycles. The van der Waals surface area contributed by atoms with Crippen molar-refractivity contribution >= 4 is 17.9 Å². The van der Waals surface area contributed by atoms with Crippen LogP contribution in [-0.4, -0.2) is 37.2 Å². The van der Waals surface area contributed by atoms with Crippen molar-refractivity contribution in [3.05, 3.63) is 12.2 Å². The fourth-order valence-corrected chi connectivity index (χ4v) is 1.40. The minimum atomic E-state index is -0.921. The van der Waals surface area contributed by atoms with Gasteiger partial charge >= 0.3 is 17.9 Å². The molecule has 1 fully saturated rings. The fraction of sp³-hybridized carbons (Fsp3) is 0.583. The molecule has 1 heterocycles. The Kier molecular flexibility index (Phi) is 4.88. The molecule has 1 rings (SSSR count). The van der Waals surface area contributed by atoms with Crippen molar-refractivity contribution in [1.82, 2.24) is 0 Å². The van der Waals surface area contributed by atoms with Crippen molar-refractivity contribution in [2.75, 3.05) is 13.2 Å².